The van der Waals surface area contributed by atoms with Crippen molar-refractivity contribution in [2.24, 2.45) is 21.8 Å². The third-order valence-corrected chi connectivity index (χ3v) is 6.74. The molecule has 0 radical (unpaired) electrons. The van der Waals surface area contributed by atoms with E-state index in [9.17, 15) is 4.79 Å². The van der Waals surface area contributed by atoms with Crippen molar-refractivity contribution in [2.45, 2.75) is 40.0 Å². The largest absolute Gasteiger partial charge is 0.451 e. The molecule has 24 heavy (non-hydrogen) atoms. The first-order valence-corrected chi connectivity index (χ1v) is 8.75. The molecule has 126 valence electrons. The van der Waals surface area contributed by atoms with Gasteiger partial charge in [-0.15, -0.1) is 0 Å². The number of hydrazone groups is 1. The molecule has 4 nitrogen and oxygen atoms in total. The van der Waals surface area contributed by atoms with Gasteiger partial charge in [0.25, 0.3) is 0 Å². The molecular formula is C19H21ClN2O2. The van der Waals surface area contributed by atoms with Crippen LogP contribution in [-0.2, 0) is 0 Å². The van der Waals surface area contributed by atoms with Crippen molar-refractivity contribution in [3.63, 3.8) is 0 Å². The van der Waals surface area contributed by atoms with Gasteiger partial charge in [-0.3, -0.25) is 4.79 Å². The van der Waals surface area contributed by atoms with Crippen LogP contribution in [-0.4, -0.2) is 11.6 Å². The number of carbonyl (C=O) groups is 1. The summed E-state index contributed by atoms with van der Waals surface area (Å²) in [7, 11) is 0. The first-order valence-electron chi connectivity index (χ1n) is 8.38. The second-order valence-corrected chi connectivity index (χ2v) is 8.22. The van der Waals surface area contributed by atoms with E-state index in [1.807, 2.05) is 0 Å². The SMILES string of the molecule is CC1(C)[C@H]2CC[C@@]1(C)/C(=N/NC(=O)c1cc3cc(Cl)ccc3o1)C2. The Hall–Kier alpha value is -1.81. The molecule has 4 rings (SSSR count). The number of furan rings is 1. The average molecular weight is 345 g/mol. The van der Waals surface area contributed by atoms with E-state index >= 15 is 0 Å². The Labute approximate surface area is 146 Å². The van der Waals surface area contributed by atoms with E-state index in [0.29, 0.717) is 16.5 Å². The lowest BCUT2D eigenvalue weighted by Gasteiger charge is -2.34. The van der Waals surface area contributed by atoms with Gasteiger partial charge in [-0.25, -0.2) is 5.43 Å². The van der Waals surface area contributed by atoms with Crippen LogP contribution < -0.4 is 5.43 Å². The number of nitrogens with zero attached hydrogens (tertiary/aromatic N) is 1. The molecule has 2 aromatic rings. The number of amides is 1. The Morgan fingerprint density at radius 2 is 2.12 bits per heavy atom. The van der Waals surface area contributed by atoms with E-state index in [-0.39, 0.29) is 22.5 Å². The summed E-state index contributed by atoms with van der Waals surface area (Å²) in [4.78, 5) is 12.4. The summed E-state index contributed by atoms with van der Waals surface area (Å²) >= 11 is 5.97. The summed E-state index contributed by atoms with van der Waals surface area (Å²) in [5.41, 5.74) is 4.76. The van der Waals surface area contributed by atoms with E-state index < -0.39 is 0 Å². The molecule has 0 unspecified atom stereocenters. The summed E-state index contributed by atoms with van der Waals surface area (Å²) in [6, 6.07) is 6.99. The highest BCUT2D eigenvalue weighted by Crippen LogP contribution is 2.63. The number of nitrogens with one attached hydrogen (secondary N) is 1. The zero-order chi connectivity index (χ0) is 17.1. The lowest BCUT2D eigenvalue weighted by molar-refractivity contribution is 0.0928. The van der Waals surface area contributed by atoms with Gasteiger partial charge in [-0.2, -0.15) is 5.10 Å². The molecule has 1 N–H and O–H groups in total. The van der Waals surface area contributed by atoms with Crippen LogP contribution in [0, 0.1) is 16.7 Å². The van der Waals surface area contributed by atoms with Crippen LogP contribution in [0.3, 0.4) is 0 Å². The van der Waals surface area contributed by atoms with Gasteiger partial charge in [0.2, 0.25) is 0 Å². The van der Waals surface area contributed by atoms with Gasteiger partial charge in [0.05, 0.1) is 0 Å². The molecule has 2 aliphatic carbocycles. The molecule has 0 aliphatic heterocycles. The highest BCUT2D eigenvalue weighted by Gasteiger charge is 2.60. The molecule has 2 saturated carbocycles. The minimum atomic E-state index is -0.320. The Bertz CT molecular complexity index is 867. The molecule has 1 amide bonds. The standard InChI is InChI=1S/C19H21ClN2O2/c1-18(2)12-6-7-19(18,3)16(10-12)21-22-17(23)15-9-11-8-13(20)4-5-14(11)24-15/h4-5,8-9,12H,6-7,10H2,1-3H3,(H,22,23)/b21-16+/t12-,19-/m0/s1. The van der Waals surface area contributed by atoms with Crippen molar-refractivity contribution < 1.29 is 9.21 Å². The molecule has 1 aromatic carbocycles. The van der Waals surface area contributed by atoms with Crippen LogP contribution in [0.15, 0.2) is 33.8 Å². The number of rotatable bonds is 2. The molecule has 5 heteroatoms. The lowest BCUT2D eigenvalue weighted by atomic mass is 9.70. The normalized spacial score (nSPS) is 29.5. The predicted octanol–water partition coefficient (Wildman–Crippen LogP) is 5.02. The highest BCUT2D eigenvalue weighted by molar-refractivity contribution is 6.31. The summed E-state index contributed by atoms with van der Waals surface area (Å²) in [6.07, 6.45) is 3.36. The fourth-order valence-electron chi connectivity index (χ4n) is 4.40. The fourth-order valence-corrected chi connectivity index (χ4v) is 4.58. The van der Waals surface area contributed by atoms with E-state index in [1.165, 1.54) is 6.42 Å². The minimum Gasteiger partial charge on any atom is -0.451 e. The summed E-state index contributed by atoms with van der Waals surface area (Å²) < 4.78 is 5.59. The quantitative estimate of drug-likeness (QED) is 0.778. The first-order chi connectivity index (χ1) is 11.3. The number of hydrogen-bond donors (Lipinski definition) is 1. The topological polar surface area (TPSA) is 54.6 Å². The van der Waals surface area contributed by atoms with Crippen molar-refractivity contribution >= 4 is 34.2 Å². The predicted molar refractivity (Wildman–Crippen MR) is 95.4 cm³/mol. The Balaban J connectivity index is 1.56. The van der Waals surface area contributed by atoms with Crippen molar-refractivity contribution in [3.8, 4) is 0 Å². The van der Waals surface area contributed by atoms with Crippen LogP contribution in [0.25, 0.3) is 11.0 Å². The third kappa shape index (κ3) is 2.12. The third-order valence-electron chi connectivity index (χ3n) is 6.51. The maximum absolute atomic E-state index is 12.4. The first kappa shape index (κ1) is 15.7. The van der Waals surface area contributed by atoms with Gasteiger partial charge >= 0.3 is 5.91 Å². The molecule has 2 bridgehead atoms. The van der Waals surface area contributed by atoms with Crippen molar-refractivity contribution in [1.29, 1.82) is 0 Å². The summed E-state index contributed by atoms with van der Waals surface area (Å²) in [5.74, 6) is 0.592. The molecule has 2 aliphatic rings. The molecule has 0 spiro atoms. The monoisotopic (exact) mass is 344 g/mol. The van der Waals surface area contributed by atoms with Gasteiger partial charge in [0.15, 0.2) is 5.76 Å². The number of fused-ring (bicyclic) bond motifs is 3. The van der Waals surface area contributed by atoms with Crippen molar-refractivity contribution in [2.75, 3.05) is 0 Å². The number of hydrogen-bond acceptors (Lipinski definition) is 3. The summed E-state index contributed by atoms with van der Waals surface area (Å²) in [5, 5.41) is 5.90. The Morgan fingerprint density at radius 3 is 2.79 bits per heavy atom. The van der Waals surface area contributed by atoms with Gasteiger partial charge in [-0.05, 0) is 54.9 Å². The van der Waals surface area contributed by atoms with Gasteiger partial charge in [-0.1, -0.05) is 32.4 Å². The number of benzene rings is 1. The van der Waals surface area contributed by atoms with Crippen LogP contribution in [0.5, 0.6) is 0 Å². The second-order valence-electron chi connectivity index (χ2n) is 7.79. The zero-order valence-corrected chi connectivity index (χ0v) is 14.9. The van der Waals surface area contributed by atoms with E-state index in [0.717, 1.165) is 23.9 Å². The van der Waals surface area contributed by atoms with E-state index in [1.54, 1.807) is 24.3 Å². The fraction of sp³-hybridized carbons (Fsp3) is 0.474. The lowest BCUT2D eigenvalue weighted by Crippen LogP contribution is -2.34. The van der Waals surface area contributed by atoms with Gasteiger partial charge < -0.3 is 4.42 Å². The van der Waals surface area contributed by atoms with Crippen LogP contribution in [0.2, 0.25) is 5.02 Å². The molecule has 0 saturated heterocycles. The highest BCUT2D eigenvalue weighted by atomic mass is 35.5. The van der Waals surface area contributed by atoms with Crippen molar-refractivity contribution in [1.82, 2.24) is 5.43 Å². The van der Waals surface area contributed by atoms with Crippen LogP contribution in [0.4, 0.5) is 0 Å². The zero-order valence-electron chi connectivity index (χ0n) is 14.1. The number of carbonyl (C=O) groups excluding carboxylic acids is 1. The Kier molecular flexibility index (Phi) is 3.33. The number of halogens is 1. The van der Waals surface area contributed by atoms with E-state index in [2.05, 4.69) is 31.3 Å². The van der Waals surface area contributed by atoms with Gasteiger partial charge in [0, 0.05) is 21.5 Å². The Morgan fingerprint density at radius 1 is 1.33 bits per heavy atom. The smallest absolute Gasteiger partial charge is 0.307 e. The van der Waals surface area contributed by atoms with Crippen LogP contribution >= 0.6 is 11.6 Å². The van der Waals surface area contributed by atoms with Gasteiger partial charge in [0.1, 0.15) is 5.58 Å². The summed E-state index contributed by atoms with van der Waals surface area (Å²) in [6.45, 7) is 6.91. The van der Waals surface area contributed by atoms with E-state index in [4.69, 9.17) is 16.0 Å². The molecular weight excluding hydrogens is 324 g/mol. The molecule has 1 aromatic heterocycles. The molecule has 1 heterocycles. The molecule has 2 atom stereocenters. The average Bonchev–Trinajstić information content (AvgIpc) is 3.10. The minimum absolute atomic E-state index is 0.0757. The maximum Gasteiger partial charge on any atom is 0.307 e. The van der Waals surface area contributed by atoms with Crippen LogP contribution in [0.1, 0.15) is 50.6 Å². The van der Waals surface area contributed by atoms with Crippen molar-refractivity contribution in [3.05, 3.63) is 35.0 Å². The second kappa shape index (κ2) is 5.09. The molecule has 2 fully saturated rings. The maximum atomic E-state index is 12.4.